The number of anilines is 3. The minimum absolute atomic E-state index is 0. The maximum Gasteiger partial charge on any atom is 0.313 e. The smallest absolute Gasteiger partial charge is 0.313 e. The van der Waals surface area contributed by atoms with Crippen molar-refractivity contribution in [2.24, 2.45) is 10.2 Å². The van der Waals surface area contributed by atoms with Gasteiger partial charge in [0.2, 0.25) is 5.95 Å². The number of benzene rings is 2. The van der Waals surface area contributed by atoms with Gasteiger partial charge in [-0.1, -0.05) is 11.6 Å². The average Bonchev–Trinajstić information content (AvgIpc) is 2.97. The van der Waals surface area contributed by atoms with Gasteiger partial charge in [-0.25, -0.2) is 0 Å². The van der Waals surface area contributed by atoms with Crippen molar-refractivity contribution in [3.05, 3.63) is 86.6 Å². The minimum atomic E-state index is -4.92. The fourth-order valence-corrected chi connectivity index (χ4v) is 5.59. The molecule has 0 saturated heterocycles. The van der Waals surface area contributed by atoms with Crippen molar-refractivity contribution in [1.82, 2.24) is 14.5 Å². The molecule has 0 aliphatic heterocycles. The molecule has 16 nitrogen and oxygen atoms in total. The number of amides is 1. The van der Waals surface area contributed by atoms with E-state index in [2.05, 4.69) is 30.8 Å². The molecule has 5 N–H and O–H groups in total. The number of pyridine rings is 1. The summed E-state index contributed by atoms with van der Waals surface area (Å²) in [7, 11) is -9.59. The van der Waals surface area contributed by atoms with Gasteiger partial charge in [-0.2, -0.15) is 35.6 Å². The zero-order valence-corrected chi connectivity index (χ0v) is 32.3. The Labute approximate surface area is 326 Å². The van der Waals surface area contributed by atoms with Crippen LogP contribution in [0.25, 0.3) is 0 Å². The molecule has 23 heteroatoms. The van der Waals surface area contributed by atoms with E-state index in [0.717, 1.165) is 22.8 Å². The van der Waals surface area contributed by atoms with Crippen molar-refractivity contribution < 1.29 is 44.6 Å². The molecule has 4 rings (SSSR count). The topological polar surface area (TPSA) is 243 Å². The number of hydrogen-bond donors (Lipinski definition) is 5. The van der Waals surface area contributed by atoms with Crippen molar-refractivity contribution >= 4 is 125 Å². The Kier molecular flexibility index (Phi) is 14.6. The number of aromatic hydroxyl groups is 1. The van der Waals surface area contributed by atoms with Crippen LogP contribution in [0.5, 0.6) is 5.88 Å². The van der Waals surface area contributed by atoms with E-state index >= 15 is 0 Å². The molecule has 49 heavy (non-hydrogen) atoms. The van der Waals surface area contributed by atoms with Crippen molar-refractivity contribution in [2.75, 3.05) is 10.6 Å². The first-order chi connectivity index (χ1) is 21.9. The fraction of sp³-hybridized carbons (Fsp3) is 0.154. The number of azo groups is 1. The molecule has 2 radical (unpaired) electrons. The van der Waals surface area contributed by atoms with Gasteiger partial charge in [-0.05, 0) is 61.9 Å². The van der Waals surface area contributed by atoms with Crippen LogP contribution in [0.4, 0.5) is 37.3 Å². The van der Waals surface area contributed by atoms with Crippen molar-refractivity contribution in [3.8, 4) is 5.88 Å². The SMILES string of the molecule is CCn1c(O)c(CS(=O)(=O)O)c(C)c(N=Nc2cc(NC(=O)c3ccc(Nc4nc(F)nc(F)c4Cl)cc3)ccc2S(=O)(=O)O)c1=O.[Na].[Na]. The number of aromatic nitrogens is 3. The van der Waals surface area contributed by atoms with Gasteiger partial charge in [0.15, 0.2) is 17.4 Å². The largest absolute Gasteiger partial charge is 0.494 e. The standard InChI is InChI=1S/C26H22ClF2N7O9S2.2Na/c1-3-36-24(38)16(11-46(40,41)42)12(2)20(25(36)39)35-34-17-10-15(8-9-18(17)47(43,44)45)31-23(37)13-4-6-14(7-5-13)30-22-19(27)21(28)32-26(29)33-22;;/h4-10,38H,3,11H2,1-2H3,(H,31,37)(H,30,32,33)(H,40,41,42)(H,43,44,45);;. The van der Waals surface area contributed by atoms with E-state index in [-0.39, 0.29) is 99.5 Å². The molecule has 0 unspecified atom stereocenters. The van der Waals surface area contributed by atoms with E-state index in [1.165, 1.54) is 38.1 Å². The summed E-state index contributed by atoms with van der Waals surface area (Å²) >= 11 is 5.74. The van der Waals surface area contributed by atoms with Gasteiger partial charge in [-0.15, -0.1) is 10.2 Å². The molecule has 0 fully saturated rings. The Morgan fingerprint density at radius 3 is 2.18 bits per heavy atom. The first-order valence-electron chi connectivity index (χ1n) is 12.9. The third kappa shape index (κ3) is 10.3. The van der Waals surface area contributed by atoms with Gasteiger partial charge >= 0.3 is 6.08 Å². The van der Waals surface area contributed by atoms with E-state index in [1.54, 1.807) is 0 Å². The molecule has 0 aliphatic carbocycles. The van der Waals surface area contributed by atoms with E-state index in [1.807, 2.05) is 0 Å². The van der Waals surface area contributed by atoms with Crippen LogP contribution in [0, 0.1) is 18.9 Å². The Bertz CT molecular complexity index is 2230. The quantitative estimate of drug-likeness (QED) is 0.0509. The van der Waals surface area contributed by atoms with E-state index < -0.39 is 76.7 Å². The predicted octanol–water partition coefficient (Wildman–Crippen LogP) is 3.89. The molecular weight excluding hydrogens is 738 g/mol. The number of carbonyl (C=O) groups excluding carboxylic acids is 1. The summed E-state index contributed by atoms with van der Waals surface area (Å²) in [5, 5.41) is 22.5. The number of carbonyl (C=O) groups is 1. The number of hydrogen-bond acceptors (Lipinski definition) is 12. The summed E-state index contributed by atoms with van der Waals surface area (Å²) in [5.74, 6) is -4.17. The number of rotatable bonds is 10. The Hall–Kier alpha value is -2.89. The van der Waals surface area contributed by atoms with Gasteiger partial charge in [-0.3, -0.25) is 23.3 Å². The van der Waals surface area contributed by atoms with E-state index in [9.17, 15) is 49.4 Å². The Morgan fingerprint density at radius 1 is 1.00 bits per heavy atom. The second-order valence-corrected chi connectivity index (χ2v) is 12.7. The summed E-state index contributed by atoms with van der Waals surface area (Å²) in [6.45, 7) is 2.53. The van der Waals surface area contributed by atoms with Crippen molar-refractivity contribution in [2.45, 2.75) is 31.0 Å². The molecule has 4 aromatic rings. The second-order valence-electron chi connectivity index (χ2n) is 9.51. The third-order valence-corrected chi connectivity index (χ3v) is 8.26. The summed E-state index contributed by atoms with van der Waals surface area (Å²) in [6, 6.07) is 8.40. The molecule has 2 heterocycles. The molecule has 250 valence electrons. The molecule has 0 saturated carbocycles. The van der Waals surface area contributed by atoms with E-state index in [0.29, 0.717) is 0 Å². The molecule has 2 aromatic carbocycles. The fourth-order valence-electron chi connectivity index (χ4n) is 4.14. The van der Waals surface area contributed by atoms with Gasteiger partial charge in [0.25, 0.3) is 31.7 Å². The van der Waals surface area contributed by atoms with Gasteiger partial charge < -0.3 is 15.7 Å². The molecule has 0 aliphatic rings. The van der Waals surface area contributed by atoms with Crippen LogP contribution in [-0.4, -0.2) is 111 Å². The van der Waals surface area contributed by atoms with Gasteiger partial charge in [0, 0.05) is 88.2 Å². The normalized spacial score (nSPS) is 11.5. The average molecular weight is 760 g/mol. The number of nitrogens with one attached hydrogen (secondary N) is 2. The number of halogens is 3. The van der Waals surface area contributed by atoms with Crippen LogP contribution in [0.2, 0.25) is 5.02 Å². The van der Waals surface area contributed by atoms with Crippen LogP contribution >= 0.6 is 11.6 Å². The van der Waals surface area contributed by atoms with Crippen LogP contribution < -0.4 is 16.2 Å². The third-order valence-electron chi connectivity index (χ3n) is 6.37. The summed E-state index contributed by atoms with van der Waals surface area (Å²) < 4.78 is 93.9. The van der Waals surface area contributed by atoms with Crippen LogP contribution in [-0.2, 0) is 32.5 Å². The first kappa shape index (κ1) is 42.3. The van der Waals surface area contributed by atoms with Crippen LogP contribution in [0.1, 0.15) is 28.4 Å². The zero-order chi connectivity index (χ0) is 34.8. The summed E-state index contributed by atoms with van der Waals surface area (Å²) in [6.07, 6.45) is -1.36. The van der Waals surface area contributed by atoms with Crippen LogP contribution in [0.15, 0.2) is 62.4 Å². The Balaban J connectivity index is 0.00000417. The summed E-state index contributed by atoms with van der Waals surface area (Å²) in [5.41, 5.74) is -2.27. The molecule has 0 bridgehead atoms. The van der Waals surface area contributed by atoms with Crippen LogP contribution in [0.3, 0.4) is 0 Å². The van der Waals surface area contributed by atoms with Gasteiger partial charge in [0.1, 0.15) is 21.4 Å². The number of nitrogens with zero attached hydrogens (tertiary/aromatic N) is 5. The van der Waals surface area contributed by atoms with Crippen molar-refractivity contribution in [1.29, 1.82) is 0 Å². The molecule has 2 aromatic heterocycles. The second kappa shape index (κ2) is 16.9. The maximum absolute atomic E-state index is 13.6. The monoisotopic (exact) mass is 759 g/mol. The maximum atomic E-state index is 13.6. The zero-order valence-electron chi connectivity index (χ0n) is 25.9. The minimum Gasteiger partial charge on any atom is -0.494 e. The molecule has 1 amide bonds. The Morgan fingerprint density at radius 2 is 1.61 bits per heavy atom. The molecule has 0 spiro atoms. The van der Waals surface area contributed by atoms with Crippen molar-refractivity contribution in [3.63, 3.8) is 0 Å². The predicted molar refractivity (Wildman–Crippen MR) is 175 cm³/mol. The first-order valence-corrected chi connectivity index (χ1v) is 16.3. The molecular formula is C26H22ClF2N7Na2O9S2. The van der Waals surface area contributed by atoms with E-state index in [4.69, 9.17) is 11.6 Å². The summed E-state index contributed by atoms with van der Waals surface area (Å²) in [4.78, 5) is 31.3. The van der Waals surface area contributed by atoms with Gasteiger partial charge in [0.05, 0.1) is 0 Å². The molecule has 0 atom stereocenters.